The number of benzene rings is 1. The molecule has 2 heterocycles. The van der Waals surface area contributed by atoms with Gasteiger partial charge in [0, 0.05) is 44.6 Å². The van der Waals surface area contributed by atoms with Crippen LogP contribution >= 0.6 is 0 Å². The number of aryl methyl sites for hydroxylation is 2. The molecule has 7 nitrogen and oxygen atoms in total. The van der Waals surface area contributed by atoms with E-state index in [-0.39, 0.29) is 11.4 Å². The maximum atomic E-state index is 12.9. The van der Waals surface area contributed by atoms with Crippen LogP contribution in [0.1, 0.15) is 18.2 Å². The van der Waals surface area contributed by atoms with Crippen LogP contribution in [0.25, 0.3) is 11.3 Å². The molecule has 0 amide bonds. The molecule has 0 aliphatic carbocycles. The van der Waals surface area contributed by atoms with Gasteiger partial charge in [0.25, 0.3) is 0 Å². The normalized spacial score (nSPS) is 12.0. The highest BCUT2D eigenvalue weighted by Gasteiger charge is 2.22. The van der Waals surface area contributed by atoms with Crippen LogP contribution in [0.5, 0.6) is 0 Å². The van der Waals surface area contributed by atoms with E-state index in [9.17, 15) is 8.42 Å². The summed E-state index contributed by atoms with van der Waals surface area (Å²) < 4.78 is 30.7. The Labute approximate surface area is 153 Å². The topological polar surface area (TPSA) is 73.0 Å². The summed E-state index contributed by atoms with van der Waals surface area (Å²) in [6.45, 7) is 5.01. The molecule has 26 heavy (non-hydrogen) atoms. The van der Waals surface area contributed by atoms with Crippen molar-refractivity contribution in [3.63, 3.8) is 0 Å². The third-order valence-electron chi connectivity index (χ3n) is 4.58. The SMILES string of the molecule is CCn1ncc(CN(C)S(=O)(=O)c2ccc(-c3ccnn3C)cc2)c1C. The molecule has 138 valence electrons. The predicted molar refractivity (Wildman–Crippen MR) is 99.9 cm³/mol. The van der Waals surface area contributed by atoms with Crippen LogP contribution in [0.3, 0.4) is 0 Å². The third-order valence-corrected chi connectivity index (χ3v) is 6.39. The van der Waals surface area contributed by atoms with Gasteiger partial charge in [0.1, 0.15) is 0 Å². The lowest BCUT2D eigenvalue weighted by atomic mass is 10.1. The largest absolute Gasteiger partial charge is 0.270 e. The fourth-order valence-corrected chi connectivity index (χ4v) is 4.07. The summed E-state index contributed by atoms with van der Waals surface area (Å²) >= 11 is 0. The Kier molecular flexibility index (Phi) is 4.97. The number of aromatic nitrogens is 4. The quantitative estimate of drug-likeness (QED) is 0.665. The van der Waals surface area contributed by atoms with E-state index in [1.807, 2.05) is 31.6 Å². The van der Waals surface area contributed by atoms with Gasteiger partial charge in [-0.25, -0.2) is 8.42 Å². The van der Waals surface area contributed by atoms with Gasteiger partial charge in [-0.05, 0) is 37.6 Å². The zero-order valence-electron chi connectivity index (χ0n) is 15.4. The predicted octanol–water partition coefficient (Wildman–Crippen LogP) is 2.43. The Balaban J connectivity index is 1.82. The van der Waals surface area contributed by atoms with E-state index in [1.54, 1.807) is 48.4 Å². The summed E-state index contributed by atoms with van der Waals surface area (Å²) in [5, 5.41) is 8.42. The summed E-state index contributed by atoms with van der Waals surface area (Å²) in [5.74, 6) is 0. The highest BCUT2D eigenvalue weighted by molar-refractivity contribution is 7.89. The van der Waals surface area contributed by atoms with Crippen LogP contribution in [0, 0.1) is 6.92 Å². The summed E-state index contributed by atoms with van der Waals surface area (Å²) in [6.07, 6.45) is 3.45. The molecule has 1 aromatic carbocycles. The first-order valence-electron chi connectivity index (χ1n) is 8.40. The highest BCUT2D eigenvalue weighted by atomic mass is 32.2. The molecule has 0 spiro atoms. The molecule has 2 aromatic heterocycles. The molecule has 8 heteroatoms. The third kappa shape index (κ3) is 3.30. The van der Waals surface area contributed by atoms with Crippen LogP contribution in [0.4, 0.5) is 0 Å². The van der Waals surface area contributed by atoms with Crippen LogP contribution < -0.4 is 0 Å². The molecule has 0 atom stereocenters. The van der Waals surface area contributed by atoms with Gasteiger partial charge in [-0.3, -0.25) is 9.36 Å². The molecular weight excluding hydrogens is 350 g/mol. The molecule has 0 aliphatic rings. The summed E-state index contributed by atoms with van der Waals surface area (Å²) in [5.41, 5.74) is 3.75. The van der Waals surface area contributed by atoms with Crippen molar-refractivity contribution in [3.8, 4) is 11.3 Å². The molecule has 0 N–H and O–H groups in total. The Morgan fingerprint density at radius 2 is 1.81 bits per heavy atom. The maximum Gasteiger partial charge on any atom is 0.243 e. The fraction of sp³-hybridized carbons (Fsp3) is 0.333. The second-order valence-corrected chi connectivity index (χ2v) is 8.24. The Hall–Kier alpha value is -2.45. The first-order valence-corrected chi connectivity index (χ1v) is 9.84. The van der Waals surface area contributed by atoms with Crippen molar-refractivity contribution in [3.05, 3.63) is 54.0 Å². The molecule has 0 unspecified atom stereocenters. The number of sulfonamides is 1. The number of rotatable bonds is 6. The van der Waals surface area contributed by atoms with Crippen LogP contribution in [0.15, 0.2) is 47.6 Å². The average Bonchev–Trinajstić information content (AvgIpc) is 3.21. The van der Waals surface area contributed by atoms with Crippen molar-refractivity contribution >= 4 is 10.0 Å². The average molecular weight is 373 g/mol. The van der Waals surface area contributed by atoms with Crippen LogP contribution in [-0.4, -0.2) is 39.3 Å². The van der Waals surface area contributed by atoms with Gasteiger partial charge < -0.3 is 0 Å². The van der Waals surface area contributed by atoms with Crippen molar-refractivity contribution in [2.75, 3.05) is 7.05 Å². The molecule has 3 aromatic rings. The van der Waals surface area contributed by atoms with Gasteiger partial charge in [-0.1, -0.05) is 12.1 Å². The maximum absolute atomic E-state index is 12.9. The monoisotopic (exact) mass is 373 g/mol. The van der Waals surface area contributed by atoms with Gasteiger partial charge in [-0.2, -0.15) is 14.5 Å². The molecule has 0 saturated heterocycles. The second kappa shape index (κ2) is 7.05. The first kappa shape index (κ1) is 18.3. The van der Waals surface area contributed by atoms with Gasteiger partial charge in [0.05, 0.1) is 16.8 Å². The number of nitrogens with zero attached hydrogens (tertiary/aromatic N) is 5. The minimum absolute atomic E-state index is 0.270. The zero-order valence-corrected chi connectivity index (χ0v) is 16.2. The lowest BCUT2D eigenvalue weighted by molar-refractivity contribution is 0.465. The van der Waals surface area contributed by atoms with E-state index >= 15 is 0 Å². The standard InChI is InChI=1S/C18H23N5O2S/c1-5-23-14(2)16(12-20-23)13-21(3)26(24,25)17-8-6-15(7-9-17)18-10-11-19-22(18)4/h6-12H,5,13H2,1-4H3. The van der Waals surface area contributed by atoms with Gasteiger partial charge in [0.15, 0.2) is 0 Å². The minimum Gasteiger partial charge on any atom is -0.270 e. The first-order chi connectivity index (χ1) is 12.3. The van der Waals surface area contributed by atoms with Crippen molar-refractivity contribution in [2.24, 2.45) is 7.05 Å². The molecule has 0 fully saturated rings. The molecule has 0 radical (unpaired) electrons. The summed E-state index contributed by atoms with van der Waals surface area (Å²) in [4.78, 5) is 0.270. The Morgan fingerprint density at radius 1 is 1.12 bits per heavy atom. The van der Waals surface area contributed by atoms with Crippen molar-refractivity contribution in [1.82, 2.24) is 23.9 Å². The lowest BCUT2D eigenvalue weighted by Gasteiger charge is -2.17. The van der Waals surface area contributed by atoms with E-state index in [4.69, 9.17) is 0 Å². The van der Waals surface area contributed by atoms with E-state index in [1.165, 1.54) is 4.31 Å². The van der Waals surface area contributed by atoms with E-state index in [2.05, 4.69) is 10.2 Å². The minimum atomic E-state index is -3.57. The van der Waals surface area contributed by atoms with Crippen LogP contribution in [0.2, 0.25) is 0 Å². The molecule has 0 aliphatic heterocycles. The van der Waals surface area contributed by atoms with Crippen molar-refractivity contribution in [2.45, 2.75) is 31.8 Å². The zero-order chi connectivity index (χ0) is 18.9. The number of hydrogen-bond donors (Lipinski definition) is 0. The Bertz CT molecular complexity index is 1000. The molecule has 0 saturated carbocycles. The smallest absolute Gasteiger partial charge is 0.243 e. The molecular formula is C18H23N5O2S. The van der Waals surface area contributed by atoms with Gasteiger partial charge >= 0.3 is 0 Å². The number of hydrogen-bond acceptors (Lipinski definition) is 4. The van der Waals surface area contributed by atoms with E-state index < -0.39 is 10.0 Å². The van der Waals surface area contributed by atoms with Crippen molar-refractivity contribution in [1.29, 1.82) is 0 Å². The second-order valence-electron chi connectivity index (χ2n) is 6.20. The lowest BCUT2D eigenvalue weighted by Crippen LogP contribution is -2.26. The van der Waals surface area contributed by atoms with Gasteiger partial charge in [-0.15, -0.1) is 0 Å². The summed E-state index contributed by atoms with van der Waals surface area (Å²) in [7, 11) is -0.129. The van der Waals surface area contributed by atoms with Crippen molar-refractivity contribution < 1.29 is 8.42 Å². The van der Waals surface area contributed by atoms with E-state index in [0.29, 0.717) is 0 Å². The fourth-order valence-electron chi connectivity index (χ4n) is 2.92. The molecule has 3 rings (SSSR count). The van der Waals surface area contributed by atoms with Gasteiger partial charge in [0.2, 0.25) is 10.0 Å². The highest BCUT2D eigenvalue weighted by Crippen LogP contribution is 2.23. The van der Waals surface area contributed by atoms with E-state index in [0.717, 1.165) is 29.1 Å². The van der Waals surface area contributed by atoms with Crippen LogP contribution in [-0.2, 0) is 30.2 Å². The molecule has 0 bridgehead atoms. The summed E-state index contributed by atoms with van der Waals surface area (Å²) in [6, 6.07) is 8.77. The Morgan fingerprint density at radius 3 is 2.35 bits per heavy atom.